The highest BCUT2D eigenvalue weighted by molar-refractivity contribution is 5.78. The smallest absolute Gasteiger partial charge is 0.327 e. The number of carboxylic acids is 1. The number of carboxylic acid groups (broad SMARTS) is 1. The van der Waals surface area contributed by atoms with Gasteiger partial charge in [0.2, 0.25) is 0 Å². The highest BCUT2D eigenvalue weighted by atomic mass is 16.6. The van der Waals surface area contributed by atoms with Crippen molar-refractivity contribution in [3.63, 3.8) is 0 Å². The van der Waals surface area contributed by atoms with Crippen molar-refractivity contribution < 1.29 is 19.9 Å². The average molecular weight is 211 g/mol. The van der Waals surface area contributed by atoms with Crippen LogP contribution in [0.1, 0.15) is 0 Å². The van der Waals surface area contributed by atoms with Gasteiger partial charge in [0.25, 0.3) is 5.69 Å². The van der Waals surface area contributed by atoms with E-state index in [2.05, 4.69) is 6.58 Å². The zero-order valence-corrected chi connectivity index (χ0v) is 7.66. The third-order valence-electron chi connectivity index (χ3n) is 1.24. The number of phenolic OH excluding ortho intramolecular Hbond substituents is 1. The van der Waals surface area contributed by atoms with E-state index in [1.54, 1.807) is 0 Å². The fourth-order valence-corrected chi connectivity index (χ4v) is 0.574. The number of rotatable bonds is 2. The molecule has 0 saturated carbocycles. The summed E-state index contributed by atoms with van der Waals surface area (Å²) >= 11 is 0. The molecule has 6 nitrogen and oxygen atoms in total. The number of hydrogen-bond acceptors (Lipinski definition) is 4. The van der Waals surface area contributed by atoms with Crippen molar-refractivity contribution in [1.82, 2.24) is 0 Å². The molecule has 1 rings (SSSR count). The molecule has 15 heavy (non-hydrogen) atoms. The lowest BCUT2D eigenvalue weighted by Crippen LogP contribution is -1.85. The van der Waals surface area contributed by atoms with Crippen LogP contribution in [0.5, 0.6) is 5.75 Å². The molecule has 0 atom stereocenters. The fourth-order valence-electron chi connectivity index (χ4n) is 0.574. The molecule has 2 N–H and O–H groups in total. The van der Waals surface area contributed by atoms with Gasteiger partial charge in [-0.3, -0.25) is 10.1 Å². The zero-order valence-electron chi connectivity index (χ0n) is 7.66. The molecule has 1 aromatic carbocycles. The van der Waals surface area contributed by atoms with Crippen molar-refractivity contribution in [3.05, 3.63) is 47.0 Å². The number of nitrogens with zero attached hydrogens (tertiary/aromatic N) is 1. The van der Waals surface area contributed by atoms with Gasteiger partial charge in [0.15, 0.2) is 0 Å². The van der Waals surface area contributed by atoms with Crippen LogP contribution in [-0.4, -0.2) is 21.1 Å². The summed E-state index contributed by atoms with van der Waals surface area (Å²) in [6.45, 7) is 2.96. The van der Waals surface area contributed by atoms with Crippen molar-refractivity contribution in [2.24, 2.45) is 0 Å². The molecule has 0 saturated heterocycles. The first-order valence-corrected chi connectivity index (χ1v) is 3.76. The monoisotopic (exact) mass is 211 g/mol. The van der Waals surface area contributed by atoms with Gasteiger partial charge < -0.3 is 10.2 Å². The number of aromatic hydroxyl groups is 1. The molecular weight excluding hydrogens is 202 g/mol. The lowest BCUT2D eigenvalue weighted by atomic mass is 10.3. The van der Waals surface area contributed by atoms with E-state index in [0.717, 1.165) is 6.08 Å². The number of hydrogen-bond donors (Lipinski definition) is 2. The molecule has 0 heterocycles. The SMILES string of the molecule is C=CC(=O)O.O=[N+]([O-])c1ccc(O)cc1. The summed E-state index contributed by atoms with van der Waals surface area (Å²) in [7, 11) is 0. The number of nitro benzene ring substituents is 1. The topological polar surface area (TPSA) is 101 Å². The van der Waals surface area contributed by atoms with E-state index in [1.165, 1.54) is 24.3 Å². The molecule has 0 aliphatic carbocycles. The zero-order chi connectivity index (χ0) is 11.8. The van der Waals surface area contributed by atoms with Crippen LogP contribution >= 0.6 is 0 Å². The van der Waals surface area contributed by atoms with Crippen LogP contribution in [0.2, 0.25) is 0 Å². The molecule has 0 radical (unpaired) electrons. The summed E-state index contributed by atoms with van der Waals surface area (Å²) in [5, 5.41) is 26.4. The van der Waals surface area contributed by atoms with E-state index >= 15 is 0 Å². The predicted molar refractivity (Wildman–Crippen MR) is 52.6 cm³/mol. The number of carbonyl (C=O) groups is 1. The maximum Gasteiger partial charge on any atom is 0.327 e. The Balaban J connectivity index is 0.000000336. The van der Waals surface area contributed by atoms with Gasteiger partial charge in [-0.25, -0.2) is 4.79 Å². The van der Waals surface area contributed by atoms with Gasteiger partial charge in [-0.1, -0.05) is 6.58 Å². The van der Waals surface area contributed by atoms with Crippen LogP contribution in [-0.2, 0) is 4.79 Å². The third-order valence-corrected chi connectivity index (χ3v) is 1.24. The Kier molecular flexibility index (Phi) is 5.17. The van der Waals surface area contributed by atoms with Crippen LogP contribution in [0.4, 0.5) is 5.69 Å². The summed E-state index contributed by atoms with van der Waals surface area (Å²) in [6.07, 6.45) is 0.833. The van der Waals surface area contributed by atoms with Gasteiger partial charge in [-0.2, -0.15) is 0 Å². The molecule has 0 unspecified atom stereocenters. The molecule has 0 aromatic heterocycles. The Morgan fingerprint density at radius 1 is 1.40 bits per heavy atom. The molecule has 1 aromatic rings. The molecule has 80 valence electrons. The van der Waals surface area contributed by atoms with Crippen molar-refractivity contribution in [3.8, 4) is 5.75 Å². The number of phenols is 1. The summed E-state index contributed by atoms with van der Waals surface area (Å²) in [6, 6.07) is 5.04. The van der Waals surface area contributed by atoms with Crippen molar-refractivity contribution in [2.45, 2.75) is 0 Å². The first-order valence-electron chi connectivity index (χ1n) is 3.76. The van der Waals surface area contributed by atoms with Crippen molar-refractivity contribution >= 4 is 11.7 Å². The van der Waals surface area contributed by atoms with E-state index in [0.29, 0.717) is 0 Å². The fraction of sp³-hybridized carbons (Fsp3) is 0. The Hall–Kier alpha value is -2.37. The molecule has 0 bridgehead atoms. The van der Waals surface area contributed by atoms with Gasteiger partial charge in [-0.15, -0.1) is 0 Å². The number of non-ortho nitro benzene ring substituents is 1. The quantitative estimate of drug-likeness (QED) is 0.439. The minimum absolute atomic E-state index is 0.0159. The Labute approximate surface area is 85.2 Å². The molecule has 0 fully saturated rings. The van der Waals surface area contributed by atoms with E-state index in [1.807, 2.05) is 0 Å². The van der Waals surface area contributed by atoms with Crippen molar-refractivity contribution in [2.75, 3.05) is 0 Å². The third kappa shape index (κ3) is 5.81. The largest absolute Gasteiger partial charge is 0.508 e. The second-order valence-electron chi connectivity index (χ2n) is 2.32. The average Bonchev–Trinajstić information content (AvgIpc) is 2.19. The van der Waals surface area contributed by atoms with Crippen LogP contribution in [0.15, 0.2) is 36.9 Å². The molecule has 0 aliphatic heterocycles. The Morgan fingerprint density at radius 2 is 1.80 bits per heavy atom. The summed E-state index contributed by atoms with van der Waals surface area (Å²) in [4.78, 5) is 18.8. The van der Waals surface area contributed by atoms with Crippen LogP contribution < -0.4 is 0 Å². The summed E-state index contributed by atoms with van der Waals surface area (Å²) in [5.41, 5.74) is -0.0159. The van der Waals surface area contributed by atoms with Crippen LogP contribution in [0, 0.1) is 10.1 Å². The molecular formula is C9H9NO5. The maximum absolute atomic E-state index is 10.0. The molecule has 6 heteroatoms. The number of aliphatic carboxylic acids is 1. The van der Waals surface area contributed by atoms with Gasteiger partial charge in [0.1, 0.15) is 5.75 Å². The predicted octanol–water partition coefficient (Wildman–Crippen LogP) is 1.56. The van der Waals surface area contributed by atoms with E-state index < -0.39 is 10.9 Å². The molecule has 0 aliphatic rings. The van der Waals surface area contributed by atoms with Crippen LogP contribution in [0.3, 0.4) is 0 Å². The van der Waals surface area contributed by atoms with E-state index in [4.69, 9.17) is 10.2 Å². The maximum atomic E-state index is 10.0. The first kappa shape index (κ1) is 12.6. The van der Waals surface area contributed by atoms with Gasteiger partial charge >= 0.3 is 5.97 Å². The second kappa shape index (κ2) is 6.14. The van der Waals surface area contributed by atoms with E-state index in [9.17, 15) is 14.9 Å². The van der Waals surface area contributed by atoms with Gasteiger partial charge in [0, 0.05) is 18.2 Å². The summed E-state index contributed by atoms with van der Waals surface area (Å²) < 4.78 is 0. The van der Waals surface area contributed by atoms with Crippen LogP contribution in [0.25, 0.3) is 0 Å². The number of nitro groups is 1. The highest BCUT2D eigenvalue weighted by Crippen LogP contribution is 2.14. The minimum Gasteiger partial charge on any atom is -0.508 e. The molecule has 0 amide bonds. The van der Waals surface area contributed by atoms with E-state index in [-0.39, 0.29) is 11.4 Å². The Morgan fingerprint density at radius 3 is 2.07 bits per heavy atom. The standard InChI is InChI=1S/C6H5NO3.C3H4O2/c8-6-3-1-5(2-4-6)7(9)10;1-2-3(4)5/h1-4,8H;2H,1H2,(H,4,5). The Bertz CT molecular complexity index is 357. The first-order chi connectivity index (χ1) is 6.97. The molecule has 0 spiro atoms. The highest BCUT2D eigenvalue weighted by Gasteiger charge is 2.01. The van der Waals surface area contributed by atoms with Gasteiger partial charge in [0.05, 0.1) is 4.92 Å². The number of benzene rings is 1. The summed E-state index contributed by atoms with van der Waals surface area (Å²) in [5.74, 6) is -0.949. The van der Waals surface area contributed by atoms with Gasteiger partial charge in [-0.05, 0) is 12.1 Å². The van der Waals surface area contributed by atoms with Crippen molar-refractivity contribution in [1.29, 1.82) is 0 Å². The lowest BCUT2D eigenvalue weighted by molar-refractivity contribution is -0.384. The minimum atomic E-state index is -0.981. The second-order valence-corrected chi connectivity index (χ2v) is 2.32. The normalized spacial score (nSPS) is 8.27. The lowest BCUT2D eigenvalue weighted by Gasteiger charge is -1.89.